The SMILES string of the molecule is CCCc1ccc(COc2ccc(Cc3cc([N+](=O)[O-])ccc3NCc3ccccc3)cc2)cc1. The number of anilines is 1. The summed E-state index contributed by atoms with van der Waals surface area (Å²) >= 11 is 0. The standard InChI is InChI=1S/C30H30N2O3/c1-2-6-23-9-11-26(12-10-23)22-35-29-16-13-24(14-17-29)19-27-20-28(32(33)34)15-18-30(27)31-21-25-7-4-3-5-8-25/h3-5,7-18,20,31H,2,6,19,21-22H2,1H3. The van der Waals surface area contributed by atoms with Crippen LogP contribution in [0.25, 0.3) is 0 Å². The predicted octanol–water partition coefficient (Wildman–Crippen LogP) is 7.33. The number of aryl methyl sites for hydroxylation is 1. The highest BCUT2D eigenvalue weighted by molar-refractivity contribution is 5.57. The van der Waals surface area contributed by atoms with E-state index in [4.69, 9.17) is 4.74 Å². The summed E-state index contributed by atoms with van der Waals surface area (Å²) in [6.45, 7) is 3.35. The molecule has 0 aliphatic carbocycles. The van der Waals surface area contributed by atoms with Gasteiger partial charge in [-0.1, -0.05) is 80.1 Å². The third-order valence-corrected chi connectivity index (χ3v) is 5.91. The van der Waals surface area contributed by atoms with E-state index in [0.717, 1.165) is 46.5 Å². The Hall–Kier alpha value is -4.12. The van der Waals surface area contributed by atoms with Crippen LogP contribution in [0.3, 0.4) is 0 Å². The highest BCUT2D eigenvalue weighted by Crippen LogP contribution is 2.26. The van der Waals surface area contributed by atoms with Crippen molar-refractivity contribution in [2.24, 2.45) is 0 Å². The maximum atomic E-state index is 11.3. The van der Waals surface area contributed by atoms with E-state index in [0.29, 0.717) is 19.6 Å². The number of nitrogens with one attached hydrogen (secondary N) is 1. The molecule has 5 nitrogen and oxygen atoms in total. The number of ether oxygens (including phenoxy) is 1. The molecule has 0 bridgehead atoms. The van der Waals surface area contributed by atoms with E-state index in [1.54, 1.807) is 18.2 Å². The van der Waals surface area contributed by atoms with E-state index >= 15 is 0 Å². The first-order valence-corrected chi connectivity index (χ1v) is 12.0. The molecule has 0 amide bonds. The van der Waals surface area contributed by atoms with Crippen LogP contribution in [0.15, 0.2) is 97.1 Å². The molecule has 0 saturated carbocycles. The van der Waals surface area contributed by atoms with Gasteiger partial charge in [0.05, 0.1) is 4.92 Å². The van der Waals surface area contributed by atoms with E-state index in [9.17, 15) is 10.1 Å². The number of hydrogen-bond acceptors (Lipinski definition) is 4. The molecule has 0 spiro atoms. The third-order valence-electron chi connectivity index (χ3n) is 5.91. The monoisotopic (exact) mass is 466 g/mol. The van der Waals surface area contributed by atoms with Crippen molar-refractivity contribution in [1.82, 2.24) is 0 Å². The van der Waals surface area contributed by atoms with Gasteiger partial charge in [0.2, 0.25) is 0 Å². The molecule has 0 aliphatic rings. The molecule has 1 N–H and O–H groups in total. The third kappa shape index (κ3) is 6.93. The largest absolute Gasteiger partial charge is 0.489 e. The minimum Gasteiger partial charge on any atom is -0.489 e. The lowest BCUT2D eigenvalue weighted by molar-refractivity contribution is -0.384. The first-order chi connectivity index (χ1) is 17.1. The lowest BCUT2D eigenvalue weighted by Crippen LogP contribution is -2.04. The molecule has 0 atom stereocenters. The van der Waals surface area contributed by atoms with Crippen LogP contribution >= 0.6 is 0 Å². The summed E-state index contributed by atoms with van der Waals surface area (Å²) in [5, 5.41) is 14.8. The Morgan fingerprint density at radius 2 is 1.49 bits per heavy atom. The number of nitro benzene ring substituents is 1. The zero-order chi connectivity index (χ0) is 24.5. The van der Waals surface area contributed by atoms with E-state index < -0.39 is 0 Å². The average Bonchev–Trinajstić information content (AvgIpc) is 2.89. The first kappa shape index (κ1) is 24.0. The van der Waals surface area contributed by atoms with Gasteiger partial charge in [-0.3, -0.25) is 10.1 Å². The van der Waals surface area contributed by atoms with E-state index in [1.165, 1.54) is 5.56 Å². The van der Waals surface area contributed by atoms with Gasteiger partial charge in [-0.05, 0) is 58.9 Å². The zero-order valence-electron chi connectivity index (χ0n) is 19.9. The van der Waals surface area contributed by atoms with Gasteiger partial charge in [0.1, 0.15) is 12.4 Å². The Kier molecular flexibility index (Phi) is 8.12. The molecule has 0 radical (unpaired) electrons. The van der Waals surface area contributed by atoms with Crippen LogP contribution in [0.4, 0.5) is 11.4 Å². The van der Waals surface area contributed by atoms with Gasteiger partial charge in [-0.15, -0.1) is 0 Å². The molecule has 35 heavy (non-hydrogen) atoms. The van der Waals surface area contributed by atoms with Gasteiger partial charge in [-0.2, -0.15) is 0 Å². The zero-order valence-corrected chi connectivity index (χ0v) is 19.9. The first-order valence-electron chi connectivity index (χ1n) is 12.0. The number of rotatable bonds is 11. The van der Waals surface area contributed by atoms with Gasteiger partial charge in [0, 0.05) is 24.4 Å². The molecule has 5 heteroatoms. The van der Waals surface area contributed by atoms with Crippen molar-refractivity contribution in [3.05, 3.63) is 135 Å². The maximum Gasteiger partial charge on any atom is 0.269 e. The fourth-order valence-electron chi connectivity index (χ4n) is 3.99. The second-order valence-electron chi connectivity index (χ2n) is 8.61. The van der Waals surface area contributed by atoms with Crippen molar-refractivity contribution >= 4 is 11.4 Å². The minimum absolute atomic E-state index is 0.0927. The molecule has 4 aromatic carbocycles. The smallest absolute Gasteiger partial charge is 0.269 e. The highest BCUT2D eigenvalue weighted by atomic mass is 16.6. The number of hydrogen-bond donors (Lipinski definition) is 1. The van der Waals surface area contributed by atoms with Crippen LogP contribution in [0, 0.1) is 10.1 Å². The second-order valence-corrected chi connectivity index (χ2v) is 8.61. The number of nitrogens with zero attached hydrogens (tertiary/aromatic N) is 1. The molecule has 0 fully saturated rings. The summed E-state index contributed by atoms with van der Waals surface area (Å²) in [4.78, 5) is 11.0. The highest BCUT2D eigenvalue weighted by Gasteiger charge is 2.12. The summed E-state index contributed by atoms with van der Waals surface area (Å²) in [6.07, 6.45) is 2.82. The molecule has 0 heterocycles. The molecule has 0 aromatic heterocycles. The second kappa shape index (κ2) is 11.8. The van der Waals surface area contributed by atoms with E-state index in [-0.39, 0.29) is 10.6 Å². The Morgan fingerprint density at radius 1 is 0.800 bits per heavy atom. The molecule has 0 aliphatic heterocycles. The Morgan fingerprint density at radius 3 is 2.17 bits per heavy atom. The van der Waals surface area contributed by atoms with Gasteiger partial charge in [0.25, 0.3) is 5.69 Å². The number of nitro groups is 1. The van der Waals surface area contributed by atoms with Crippen LogP contribution in [0.5, 0.6) is 5.75 Å². The molecular formula is C30H30N2O3. The summed E-state index contributed by atoms with van der Waals surface area (Å²) in [6, 6.07) is 31.6. The molecule has 0 saturated heterocycles. The molecular weight excluding hydrogens is 436 g/mol. The Bertz CT molecular complexity index is 1240. The van der Waals surface area contributed by atoms with Crippen LogP contribution in [-0.2, 0) is 26.0 Å². The van der Waals surface area contributed by atoms with Crippen molar-refractivity contribution < 1.29 is 9.66 Å². The van der Waals surface area contributed by atoms with Crippen molar-refractivity contribution in [3.63, 3.8) is 0 Å². The lowest BCUT2D eigenvalue weighted by Gasteiger charge is -2.13. The number of benzene rings is 4. The van der Waals surface area contributed by atoms with E-state index in [2.05, 4.69) is 48.6 Å². The fraction of sp³-hybridized carbons (Fsp3) is 0.200. The lowest BCUT2D eigenvalue weighted by atomic mass is 10.0. The van der Waals surface area contributed by atoms with Crippen LogP contribution in [0.1, 0.15) is 41.2 Å². The summed E-state index contributed by atoms with van der Waals surface area (Å²) in [5.74, 6) is 0.799. The van der Waals surface area contributed by atoms with Crippen LogP contribution in [-0.4, -0.2) is 4.92 Å². The van der Waals surface area contributed by atoms with Crippen molar-refractivity contribution in [2.75, 3.05) is 5.32 Å². The Labute approximate surface area is 206 Å². The molecule has 0 unspecified atom stereocenters. The minimum atomic E-state index is -0.351. The molecule has 178 valence electrons. The van der Waals surface area contributed by atoms with E-state index in [1.807, 2.05) is 42.5 Å². The summed E-state index contributed by atoms with van der Waals surface area (Å²) in [5.41, 5.74) is 6.57. The van der Waals surface area contributed by atoms with Gasteiger partial charge >= 0.3 is 0 Å². The average molecular weight is 467 g/mol. The van der Waals surface area contributed by atoms with Crippen molar-refractivity contribution in [3.8, 4) is 5.75 Å². The van der Waals surface area contributed by atoms with Crippen molar-refractivity contribution in [1.29, 1.82) is 0 Å². The van der Waals surface area contributed by atoms with Crippen molar-refractivity contribution in [2.45, 2.75) is 39.3 Å². The maximum absolute atomic E-state index is 11.3. The van der Waals surface area contributed by atoms with Gasteiger partial charge in [0.15, 0.2) is 0 Å². The topological polar surface area (TPSA) is 64.4 Å². The summed E-state index contributed by atoms with van der Waals surface area (Å²) in [7, 11) is 0. The van der Waals surface area contributed by atoms with Crippen LogP contribution in [0.2, 0.25) is 0 Å². The van der Waals surface area contributed by atoms with Gasteiger partial charge in [-0.25, -0.2) is 0 Å². The quantitative estimate of drug-likeness (QED) is 0.186. The normalized spacial score (nSPS) is 10.7. The van der Waals surface area contributed by atoms with Gasteiger partial charge < -0.3 is 10.1 Å². The predicted molar refractivity (Wildman–Crippen MR) is 141 cm³/mol. The summed E-state index contributed by atoms with van der Waals surface area (Å²) < 4.78 is 5.96. The molecule has 4 aromatic rings. The Balaban J connectivity index is 1.41. The fourth-order valence-corrected chi connectivity index (χ4v) is 3.99. The number of non-ortho nitro benzene ring substituents is 1. The van der Waals surface area contributed by atoms with Crippen LogP contribution < -0.4 is 10.1 Å². The molecule has 4 rings (SSSR count).